The molecule has 0 spiro atoms. The van der Waals surface area contributed by atoms with E-state index in [1.807, 2.05) is 29.6 Å². The lowest BCUT2D eigenvalue weighted by atomic mass is 9.97. The predicted octanol–water partition coefficient (Wildman–Crippen LogP) is 6.04. The smallest absolute Gasteiger partial charge is 0.325 e. The molecule has 2 unspecified atom stereocenters. The highest BCUT2D eigenvalue weighted by atomic mass is 35.5. The number of aliphatic carboxylic acids is 1. The van der Waals surface area contributed by atoms with Gasteiger partial charge in [-0.15, -0.1) is 36.2 Å². The zero-order valence-corrected chi connectivity index (χ0v) is 31.4. The molecule has 270 valence electrons. The number of amides is 1. The van der Waals surface area contributed by atoms with Gasteiger partial charge in [0.15, 0.2) is 0 Å². The lowest BCUT2D eigenvalue weighted by Crippen LogP contribution is -2.50. The van der Waals surface area contributed by atoms with Gasteiger partial charge in [-0.25, -0.2) is 9.97 Å². The van der Waals surface area contributed by atoms with Crippen molar-refractivity contribution in [3.8, 4) is 39.6 Å². The molecule has 2 atom stereocenters. The average Bonchev–Trinajstić information content (AvgIpc) is 3.57. The molecule has 1 amide bonds. The summed E-state index contributed by atoms with van der Waals surface area (Å²) < 4.78 is 5.87. The third-order valence-electron chi connectivity index (χ3n) is 7.31. The SMILES string of the molecule is CC(NC(=O)C(CCCCN)NCCOc1ccc(-c2c(C#N)c(N)nc(SCc3csc(-c4ccc(Cl)cc4)n3)c2C#N)cc1)C(=O)O.Cl.Cl. The maximum Gasteiger partial charge on any atom is 0.325 e. The number of anilines is 1. The molecule has 0 aliphatic carbocycles. The molecule has 0 bridgehead atoms. The zero-order valence-electron chi connectivity index (χ0n) is 27.4. The van der Waals surface area contributed by atoms with E-state index < -0.39 is 24.0 Å². The van der Waals surface area contributed by atoms with Crippen molar-refractivity contribution >= 4 is 77.2 Å². The van der Waals surface area contributed by atoms with Crippen LogP contribution in [0.4, 0.5) is 5.82 Å². The second-order valence-electron chi connectivity index (χ2n) is 10.8. The minimum atomic E-state index is -1.12. The van der Waals surface area contributed by atoms with Gasteiger partial charge in [-0.05, 0) is 56.1 Å². The van der Waals surface area contributed by atoms with Gasteiger partial charge in [-0.1, -0.05) is 54.0 Å². The van der Waals surface area contributed by atoms with Gasteiger partial charge in [0.25, 0.3) is 0 Å². The number of hydrogen-bond acceptors (Lipinski definition) is 12. The first-order chi connectivity index (χ1) is 23.6. The van der Waals surface area contributed by atoms with Gasteiger partial charge >= 0.3 is 5.97 Å². The van der Waals surface area contributed by atoms with Crippen LogP contribution in [0.1, 0.15) is 43.0 Å². The molecule has 51 heavy (non-hydrogen) atoms. The molecular formula is C34H37Cl3N8O4S2. The lowest BCUT2D eigenvalue weighted by molar-refractivity contribution is -0.141. The Bertz CT molecular complexity index is 1850. The third kappa shape index (κ3) is 12.0. The summed E-state index contributed by atoms with van der Waals surface area (Å²) in [6.07, 6.45) is 1.94. The number of ether oxygens (including phenoxy) is 1. The predicted molar refractivity (Wildman–Crippen MR) is 206 cm³/mol. The molecule has 2 heterocycles. The molecule has 2 aromatic heterocycles. The van der Waals surface area contributed by atoms with E-state index in [0.717, 1.165) is 22.7 Å². The molecule has 0 aliphatic rings. The summed E-state index contributed by atoms with van der Waals surface area (Å²) in [4.78, 5) is 32.9. The molecule has 0 saturated carbocycles. The van der Waals surface area contributed by atoms with Crippen LogP contribution < -0.4 is 26.8 Å². The van der Waals surface area contributed by atoms with Crippen LogP contribution in [-0.2, 0) is 15.3 Å². The number of carbonyl (C=O) groups excluding carboxylic acids is 1. The molecular weight excluding hydrogens is 755 g/mol. The minimum absolute atomic E-state index is 0. The number of carboxylic acids is 1. The van der Waals surface area contributed by atoms with Gasteiger partial charge in [-0.3, -0.25) is 9.59 Å². The van der Waals surface area contributed by atoms with Crippen molar-refractivity contribution in [1.82, 2.24) is 20.6 Å². The number of nitrogens with one attached hydrogen (secondary N) is 2. The standard InChI is InChI=1S/C34H35ClN8O4S2.2ClH/c1-20(34(45)46)41-31(44)28(4-2-3-13-36)40-14-15-47-25-11-7-21(8-12-25)29-26(16-37)30(39)43-33(27(29)17-38)49-19-24-18-48-32(42-24)22-5-9-23(35)10-6-22;;/h5-12,18,20,28,40H,2-4,13-15,19,36H2,1H3,(H2,39,43)(H,41,44)(H,45,46);2*1H. The highest BCUT2D eigenvalue weighted by Crippen LogP contribution is 2.37. The van der Waals surface area contributed by atoms with Gasteiger partial charge in [0.2, 0.25) is 5.91 Å². The number of pyridine rings is 1. The number of aromatic nitrogens is 2. The number of benzene rings is 2. The average molecular weight is 792 g/mol. The number of nitrogens with two attached hydrogens (primary N) is 2. The van der Waals surface area contributed by atoms with Crippen LogP contribution in [0.5, 0.6) is 5.75 Å². The number of nitrogens with zero attached hydrogens (tertiary/aromatic N) is 4. The lowest BCUT2D eigenvalue weighted by Gasteiger charge is -2.20. The Labute approximate surface area is 321 Å². The quantitative estimate of drug-likeness (QED) is 0.0612. The number of thiazole rings is 1. The fraction of sp³-hybridized carbons (Fsp3) is 0.294. The number of carboxylic acid groups (broad SMARTS) is 1. The monoisotopic (exact) mass is 790 g/mol. The Kier molecular flexibility index (Phi) is 18.0. The summed E-state index contributed by atoms with van der Waals surface area (Å²) in [6.45, 7) is 2.45. The molecule has 17 heteroatoms. The largest absolute Gasteiger partial charge is 0.492 e. The number of halogens is 3. The topological polar surface area (TPSA) is 213 Å². The normalized spacial score (nSPS) is 11.5. The number of thioether (sulfide) groups is 1. The summed E-state index contributed by atoms with van der Waals surface area (Å²) in [7, 11) is 0. The summed E-state index contributed by atoms with van der Waals surface area (Å²) in [6, 6.07) is 17.0. The Hall–Kier alpha value is -4.12. The molecule has 0 saturated heterocycles. The van der Waals surface area contributed by atoms with Crippen LogP contribution in [0.3, 0.4) is 0 Å². The number of hydrogen-bond donors (Lipinski definition) is 5. The van der Waals surface area contributed by atoms with Crippen LogP contribution in [-0.4, -0.2) is 58.7 Å². The Balaban J connectivity index is 0.00000451. The molecule has 0 radical (unpaired) electrons. The summed E-state index contributed by atoms with van der Waals surface area (Å²) in [5.74, 6) is -0.530. The van der Waals surface area contributed by atoms with E-state index in [1.54, 1.807) is 24.3 Å². The van der Waals surface area contributed by atoms with E-state index in [0.29, 0.717) is 58.6 Å². The molecule has 4 rings (SSSR count). The van der Waals surface area contributed by atoms with Crippen LogP contribution in [0.25, 0.3) is 21.7 Å². The molecule has 0 fully saturated rings. The maximum absolute atomic E-state index is 12.6. The van der Waals surface area contributed by atoms with Gasteiger partial charge in [0.1, 0.15) is 52.0 Å². The summed E-state index contributed by atoms with van der Waals surface area (Å²) in [5.41, 5.74) is 14.9. The molecule has 2 aromatic carbocycles. The fourth-order valence-electron chi connectivity index (χ4n) is 4.75. The summed E-state index contributed by atoms with van der Waals surface area (Å²) in [5, 5.41) is 38.7. The number of nitrogen functional groups attached to an aromatic ring is 1. The Morgan fingerprint density at radius 2 is 1.71 bits per heavy atom. The second kappa shape index (κ2) is 21.3. The van der Waals surface area contributed by atoms with Crippen LogP contribution >= 0.6 is 59.5 Å². The van der Waals surface area contributed by atoms with Gasteiger partial charge < -0.3 is 31.9 Å². The van der Waals surface area contributed by atoms with Gasteiger partial charge in [0.05, 0.1) is 17.3 Å². The van der Waals surface area contributed by atoms with Crippen molar-refractivity contribution in [2.75, 3.05) is 25.4 Å². The van der Waals surface area contributed by atoms with Crippen molar-refractivity contribution < 1.29 is 19.4 Å². The maximum atomic E-state index is 12.6. The fourth-order valence-corrected chi connectivity index (χ4v) is 6.69. The first kappa shape index (κ1) is 43.0. The van der Waals surface area contributed by atoms with E-state index in [9.17, 15) is 20.1 Å². The van der Waals surface area contributed by atoms with E-state index in [-0.39, 0.29) is 48.4 Å². The van der Waals surface area contributed by atoms with Crippen LogP contribution in [0.2, 0.25) is 5.02 Å². The van der Waals surface area contributed by atoms with Crippen molar-refractivity contribution in [3.05, 3.63) is 75.8 Å². The Morgan fingerprint density at radius 3 is 2.33 bits per heavy atom. The van der Waals surface area contributed by atoms with Crippen molar-refractivity contribution in [2.24, 2.45) is 5.73 Å². The highest BCUT2D eigenvalue weighted by molar-refractivity contribution is 7.98. The zero-order chi connectivity index (χ0) is 35.3. The molecule has 0 aliphatic heterocycles. The summed E-state index contributed by atoms with van der Waals surface area (Å²) >= 11 is 8.83. The number of rotatable bonds is 17. The van der Waals surface area contributed by atoms with Crippen LogP contribution in [0.15, 0.2) is 58.9 Å². The van der Waals surface area contributed by atoms with Crippen molar-refractivity contribution in [3.63, 3.8) is 0 Å². The van der Waals surface area contributed by atoms with Gasteiger partial charge in [0, 0.05) is 33.8 Å². The van der Waals surface area contributed by atoms with Crippen LogP contribution in [0, 0.1) is 22.7 Å². The minimum Gasteiger partial charge on any atom is -0.492 e. The highest BCUT2D eigenvalue weighted by Gasteiger charge is 2.23. The number of carbonyl (C=O) groups is 2. The number of unbranched alkanes of at least 4 members (excludes halogenated alkanes) is 1. The second-order valence-corrected chi connectivity index (χ2v) is 13.1. The molecule has 12 nitrogen and oxygen atoms in total. The van der Waals surface area contributed by atoms with Gasteiger partial charge in [-0.2, -0.15) is 10.5 Å². The van der Waals surface area contributed by atoms with Crippen molar-refractivity contribution in [1.29, 1.82) is 10.5 Å². The first-order valence-electron chi connectivity index (χ1n) is 15.3. The number of nitriles is 2. The molecule has 7 N–H and O–H groups in total. The van der Waals surface area contributed by atoms with E-state index in [4.69, 9.17) is 37.9 Å². The Morgan fingerprint density at radius 1 is 1.04 bits per heavy atom. The molecule has 4 aromatic rings. The first-order valence-corrected chi connectivity index (χ1v) is 17.6. The van der Waals surface area contributed by atoms with E-state index >= 15 is 0 Å². The van der Waals surface area contributed by atoms with E-state index in [1.165, 1.54) is 30.0 Å². The van der Waals surface area contributed by atoms with Crippen molar-refractivity contribution in [2.45, 2.75) is 49.0 Å². The van der Waals surface area contributed by atoms with E-state index in [2.05, 4.69) is 27.8 Å². The third-order valence-corrected chi connectivity index (χ3v) is 9.51.